The van der Waals surface area contributed by atoms with Crippen molar-refractivity contribution in [3.8, 4) is 0 Å². The number of phosphoric acid groups is 1. The number of esters is 1. The van der Waals surface area contributed by atoms with Gasteiger partial charge in [-0.2, -0.15) is 0 Å². The SMILES string of the molecule is CC/C=C\C/C=C\C/C=C\C/C=C\C/C=C\CCOCC(COP(=O)(O)OCC[N+](C)(C)C)OC(=O)CCCCCCCCCCCCCCCCCC. The molecule has 2 unspecified atom stereocenters. The summed E-state index contributed by atoms with van der Waals surface area (Å²) in [7, 11) is 1.62. The van der Waals surface area contributed by atoms with Crippen LogP contribution in [-0.4, -0.2) is 75.6 Å². The van der Waals surface area contributed by atoms with Crippen LogP contribution >= 0.6 is 7.82 Å². The fourth-order valence-corrected chi connectivity index (χ4v) is 6.30. The summed E-state index contributed by atoms with van der Waals surface area (Å²) in [5.41, 5.74) is 0. The van der Waals surface area contributed by atoms with E-state index in [4.69, 9.17) is 18.5 Å². The maximum absolute atomic E-state index is 12.7. The molecule has 8 nitrogen and oxygen atoms in total. The molecule has 314 valence electrons. The number of hydrogen-bond acceptors (Lipinski definition) is 6. The quantitative estimate of drug-likeness (QED) is 0.0218. The van der Waals surface area contributed by atoms with Crippen molar-refractivity contribution in [2.24, 2.45) is 0 Å². The minimum absolute atomic E-state index is 0.0741. The van der Waals surface area contributed by atoms with Crippen molar-refractivity contribution >= 4 is 13.8 Å². The van der Waals surface area contributed by atoms with Crippen molar-refractivity contribution in [1.29, 1.82) is 0 Å². The van der Waals surface area contributed by atoms with Crippen LogP contribution in [0.4, 0.5) is 0 Å². The maximum Gasteiger partial charge on any atom is 0.472 e. The largest absolute Gasteiger partial charge is 0.472 e. The molecule has 0 saturated heterocycles. The predicted octanol–water partition coefficient (Wildman–Crippen LogP) is 12.5. The Morgan fingerprint density at radius 2 is 1.04 bits per heavy atom. The lowest BCUT2D eigenvalue weighted by Crippen LogP contribution is -2.37. The monoisotopic (exact) mass is 781 g/mol. The first-order valence-corrected chi connectivity index (χ1v) is 23.0. The number of nitrogens with zero attached hydrogens (tertiary/aromatic N) is 1. The van der Waals surface area contributed by atoms with Gasteiger partial charge in [-0.05, 0) is 44.9 Å². The van der Waals surface area contributed by atoms with Crippen LogP contribution < -0.4 is 0 Å². The molecule has 9 heteroatoms. The molecular formula is C45H83NO7P+. The van der Waals surface area contributed by atoms with Crippen LogP contribution in [0.1, 0.15) is 162 Å². The van der Waals surface area contributed by atoms with Crippen LogP contribution in [0.15, 0.2) is 60.8 Å². The number of unbranched alkanes of at least 4 members (excludes halogenated alkanes) is 15. The maximum atomic E-state index is 12.7. The second-order valence-corrected chi connectivity index (χ2v) is 16.8. The first kappa shape index (κ1) is 52.2. The van der Waals surface area contributed by atoms with Crippen molar-refractivity contribution in [1.82, 2.24) is 0 Å². The summed E-state index contributed by atoms with van der Waals surface area (Å²) in [5.74, 6) is -0.339. The van der Waals surface area contributed by atoms with Gasteiger partial charge in [-0.15, -0.1) is 0 Å². The van der Waals surface area contributed by atoms with E-state index < -0.39 is 13.9 Å². The molecule has 0 aromatic carbocycles. The fraction of sp³-hybridized carbons (Fsp3) is 0.756. The van der Waals surface area contributed by atoms with E-state index in [1.54, 1.807) is 0 Å². The first-order valence-electron chi connectivity index (χ1n) is 21.5. The fourth-order valence-electron chi connectivity index (χ4n) is 5.56. The highest BCUT2D eigenvalue weighted by Crippen LogP contribution is 2.43. The molecule has 0 fully saturated rings. The van der Waals surface area contributed by atoms with Crippen LogP contribution in [0, 0.1) is 0 Å². The van der Waals surface area contributed by atoms with E-state index in [9.17, 15) is 14.3 Å². The zero-order valence-corrected chi connectivity index (χ0v) is 36.3. The molecule has 0 radical (unpaired) electrons. The molecule has 0 bridgehead atoms. The van der Waals surface area contributed by atoms with Gasteiger partial charge in [0.15, 0.2) is 0 Å². The second kappa shape index (κ2) is 38.1. The Labute approximate surface area is 332 Å². The van der Waals surface area contributed by atoms with Gasteiger partial charge in [0.25, 0.3) is 0 Å². The number of carbonyl (C=O) groups excluding carboxylic acids is 1. The van der Waals surface area contributed by atoms with Crippen molar-refractivity contribution < 1.29 is 37.3 Å². The smallest absolute Gasteiger partial charge is 0.457 e. The number of carbonyl (C=O) groups is 1. The van der Waals surface area contributed by atoms with Crippen molar-refractivity contribution in [3.05, 3.63) is 60.8 Å². The summed E-state index contributed by atoms with van der Waals surface area (Å²) in [5, 5.41) is 0. The highest BCUT2D eigenvalue weighted by atomic mass is 31.2. The number of allylic oxidation sites excluding steroid dienone is 9. The molecule has 0 heterocycles. The third-order valence-electron chi connectivity index (χ3n) is 8.86. The zero-order valence-electron chi connectivity index (χ0n) is 35.4. The molecule has 0 rings (SSSR count). The molecule has 0 saturated carbocycles. The number of hydrogen-bond donors (Lipinski definition) is 1. The van der Waals surface area contributed by atoms with Crippen LogP contribution in [0.3, 0.4) is 0 Å². The van der Waals surface area contributed by atoms with Gasteiger partial charge in [0.2, 0.25) is 0 Å². The Morgan fingerprint density at radius 1 is 0.593 bits per heavy atom. The van der Waals surface area contributed by atoms with E-state index in [1.807, 2.05) is 21.1 Å². The van der Waals surface area contributed by atoms with Gasteiger partial charge >= 0.3 is 13.8 Å². The highest BCUT2D eigenvalue weighted by Gasteiger charge is 2.26. The average molecular weight is 781 g/mol. The summed E-state index contributed by atoms with van der Waals surface area (Å²) >= 11 is 0. The zero-order chi connectivity index (χ0) is 39.9. The van der Waals surface area contributed by atoms with E-state index in [0.29, 0.717) is 30.5 Å². The van der Waals surface area contributed by atoms with Crippen LogP contribution in [0.2, 0.25) is 0 Å². The van der Waals surface area contributed by atoms with Gasteiger partial charge in [0, 0.05) is 6.42 Å². The predicted molar refractivity (Wildman–Crippen MR) is 229 cm³/mol. The first-order chi connectivity index (χ1) is 26.1. The Balaban J connectivity index is 4.36. The van der Waals surface area contributed by atoms with Crippen molar-refractivity contribution in [2.45, 2.75) is 168 Å². The van der Waals surface area contributed by atoms with Crippen LogP contribution in [0.25, 0.3) is 0 Å². The standard InChI is InChI=1S/C45H82NO7P/c1-6-8-10-12-14-16-18-20-22-24-26-28-30-32-34-36-38-45(47)53-44(43-52-54(48,49)51-41-39-46(3,4)5)42-50-40-37-35-33-31-29-27-25-23-21-19-17-15-13-11-9-7-2/h9,11,15,17,21,23,27,29,33,35,44H,6-8,10,12-14,16,18-20,22,24-26,28,30-32,34,36-43H2,1-5H3/p+1/b11-9-,17-15-,23-21-,29-27-,35-33-. The number of likely N-dealkylation sites (N-methyl/N-ethyl adjacent to an activating group) is 1. The molecule has 0 aliphatic carbocycles. The van der Waals surface area contributed by atoms with Crippen molar-refractivity contribution in [3.63, 3.8) is 0 Å². The Hall–Kier alpha value is -1.80. The minimum atomic E-state index is -4.29. The topological polar surface area (TPSA) is 91.3 Å². The average Bonchev–Trinajstić information content (AvgIpc) is 3.12. The van der Waals surface area contributed by atoms with Gasteiger partial charge in [-0.1, -0.05) is 171 Å². The summed E-state index contributed by atoms with van der Waals surface area (Å²) < 4.78 is 34.8. The third-order valence-corrected chi connectivity index (χ3v) is 9.85. The van der Waals surface area contributed by atoms with Gasteiger partial charge in [-0.25, -0.2) is 4.57 Å². The number of quaternary nitrogens is 1. The molecule has 1 N–H and O–H groups in total. The Kier molecular flexibility index (Phi) is 36.8. The second-order valence-electron chi connectivity index (χ2n) is 15.3. The van der Waals surface area contributed by atoms with Gasteiger partial charge in [0.1, 0.15) is 19.3 Å². The van der Waals surface area contributed by atoms with E-state index >= 15 is 0 Å². The number of rotatable bonds is 39. The number of phosphoric ester groups is 1. The Bertz CT molecular complexity index is 1050. The van der Waals surface area contributed by atoms with E-state index in [1.165, 1.54) is 83.5 Å². The lowest BCUT2D eigenvalue weighted by Gasteiger charge is -2.24. The van der Waals surface area contributed by atoms with E-state index in [-0.39, 0.29) is 25.8 Å². The highest BCUT2D eigenvalue weighted by molar-refractivity contribution is 7.47. The lowest BCUT2D eigenvalue weighted by atomic mass is 10.0. The Morgan fingerprint density at radius 3 is 1.50 bits per heavy atom. The molecule has 0 aromatic heterocycles. The summed E-state index contributed by atoms with van der Waals surface area (Å²) in [4.78, 5) is 22.9. The molecule has 0 aliphatic rings. The van der Waals surface area contributed by atoms with Crippen molar-refractivity contribution in [2.75, 3.05) is 54.1 Å². The molecule has 54 heavy (non-hydrogen) atoms. The van der Waals surface area contributed by atoms with Crippen LogP contribution in [-0.2, 0) is 27.9 Å². The molecule has 0 spiro atoms. The van der Waals surface area contributed by atoms with E-state index in [0.717, 1.165) is 51.4 Å². The van der Waals surface area contributed by atoms with Gasteiger partial charge < -0.3 is 18.9 Å². The minimum Gasteiger partial charge on any atom is -0.457 e. The summed E-state index contributed by atoms with van der Waals surface area (Å²) in [6.45, 7) is 5.28. The summed E-state index contributed by atoms with van der Waals surface area (Å²) in [6.07, 6.45) is 47.1. The van der Waals surface area contributed by atoms with Crippen LogP contribution in [0.5, 0.6) is 0 Å². The van der Waals surface area contributed by atoms with Gasteiger partial charge in [-0.3, -0.25) is 13.8 Å². The lowest BCUT2D eigenvalue weighted by molar-refractivity contribution is -0.870. The van der Waals surface area contributed by atoms with Gasteiger partial charge in [0.05, 0.1) is 41.0 Å². The van der Waals surface area contributed by atoms with E-state index in [2.05, 4.69) is 74.6 Å². The molecular weight excluding hydrogens is 697 g/mol. The molecule has 0 aliphatic heterocycles. The molecule has 0 aromatic rings. The molecule has 2 atom stereocenters. The molecule has 0 amide bonds. The number of ether oxygens (including phenoxy) is 2. The summed E-state index contributed by atoms with van der Waals surface area (Å²) in [6, 6.07) is 0. The third kappa shape index (κ3) is 41.4. The normalized spacial score (nSPS) is 14.4.